The first kappa shape index (κ1) is 17.5. The second-order valence-corrected chi connectivity index (χ2v) is 5.83. The lowest BCUT2D eigenvalue weighted by Gasteiger charge is -2.13. The molecular formula is C18H19N3O5. The molecule has 0 spiro atoms. The zero-order valence-electron chi connectivity index (χ0n) is 14.2. The van der Waals surface area contributed by atoms with E-state index in [1.54, 1.807) is 43.5 Å². The van der Waals surface area contributed by atoms with E-state index in [0.29, 0.717) is 11.5 Å². The first-order valence-corrected chi connectivity index (χ1v) is 8.10. The van der Waals surface area contributed by atoms with E-state index in [4.69, 9.17) is 9.15 Å². The molecule has 2 N–H and O–H groups in total. The van der Waals surface area contributed by atoms with Gasteiger partial charge in [-0.25, -0.2) is 4.79 Å². The molecule has 136 valence electrons. The maximum atomic E-state index is 12.4. The summed E-state index contributed by atoms with van der Waals surface area (Å²) >= 11 is 0. The number of urea groups is 1. The van der Waals surface area contributed by atoms with Crippen molar-refractivity contribution in [2.24, 2.45) is 0 Å². The number of hydrogen-bond acceptors (Lipinski definition) is 5. The maximum Gasteiger partial charge on any atom is 0.325 e. The minimum atomic E-state index is -0.864. The maximum absolute atomic E-state index is 12.4. The van der Waals surface area contributed by atoms with E-state index in [1.165, 1.54) is 6.26 Å². The molecule has 0 unspecified atom stereocenters. The zero-order chi connectivity index (χ0) is 18.5. The first-order chi connectivity index (χ1) is 12.6. The Balaban J connectivity index is 1.54. The first-order valence-electron chi connectivity index (χ1n) is 8.10. The van der Waals surface area contributed by atoms with Crippen LogP contribution in [0.2, 0.25) is 0 Å². The molecule has 1 aromatic carbocycles. The second-order valence-electron chi connectivity index (χ2n) is 5.83. The van der Waals surface area contributed by atoms with Crippen LogP contribution in [0, 0.1) is 0 Å². The molecule has 8 heteroatoms. The van der Waals surface area contributed by atoms with Crippen LogP contribution in [0.3, 0.4) is 0 Å². The number of hydrogen-bond donors (Lipinski definition) is 2. The van der Waals surface area contributed by atoms with E-state index >= 15 is 0 Å². The Morgan fingerprint density at radius 3 is 2.69 bits per heavy atom. The number of carbonyl (C=O) groups excluding carboxylic acids is 3. The van der Waals surface area contributed by atoms with Crippen LogP contribution in [0.5, 0.6) is 5.75 Å². The Labute approximate surface area is 150 Å². The lowest BCUT2D eigenvalue weighted by Crippen LogP contribution is -2.36. The van der Waals surface area contributed by atoms with Crippen molar-refractivity contribution >= 4 is 17.8 Å². The number of nitrogens with one attached hydrogen (secondary N) is 2. The summed E-state index contributed by atoms with van der Waals surface area (Å²) < 4.78 is 10.2. The van der Waals surface area contributed by atoms with Crippen LogP contribution in [0.15, 0.2) is 47.1 Å². The predicted octanol–water partition coefficient (Wildman–Crippen LogP) is 1.42. The average molecular weight is 357 g/mol. The fraction of sp³-hybridized carbons (Fsp3) is 0.278. The number of carbonyl (C=O) groups is 3. The van der Waals surface area contributed by atoms with E-state index in [2.05, 4.69) is 10.6 Å². The fourth-order valence-corrected chi connectivity index (χ4v) is 2.63. The molecule has 1 aliphatic rings. The highest BCUT2D eigenvalue weighted by Crippen LogP contribution is 2.17. The van der Waals surface area contributed by atoms with Gasteiger partial charge >= 0.3 is 6.03 Å². The van der Waals surface area contributed by atoms with E-state index in [-0.39, 0.29) is 25.4 Å². The average Bonchev–Trinajstić information content (AvgIpc) is 3.25. The number of benzene rings is 1. The summed E-state index contributed by atoms with van der Waals surface area (Å²) in [6.45, 7) is 0.370. The minimum Gasteiger partial charge on any atom is -0.497 e. The molecule has 0 radical (unpaired) electrons. The van der Waals surface area contributed by atoms with Crippen LogP contribution >= 0.6 is 0 Å². The van der Waals surface area contributed by atoms with Gasteiger partial charge in [-0.3, -0.25) is 14.5 Å². The summed E-state index contributed by atoms with van der Waals surface area (Å²) in [5.74, 6) is 0.545. The smallest absolute Gasteiger partial charge is 0.325 e. The summed E-state index contributed by atoms with van der Waals surface area (Å²) in [6.07, 6.45) is 1.39. The quantitative estimate of drug-likeness (QED) is 0.730. The molecule has 1 atom stereocenters. The Hall–Kier alpha value is -3.29. The number of ether oxygens (including phenoxy) is 1. The van der Waals surface area contributed by atoms with Crippen molar-refractivity contribution in [3.63, 3.8) is 0 Å². The largest absolute Gasteiger partial charge is 0.497 e. The van der Waals surface area contributed by atoms with Crippen molar-refractivity contribution in [3.05, 3.63) is 54.0 Å². The number of methoxy groups -OCH3 is 1. The van der Waals surface area contributed by atoms with Gasteiger partial charge in [-0.05, 0) is 29.8 Å². The molecule has 1 saturated heterocycles. The van der Waals surface area contributed by atoms with E-state index in [9.17, 15) is 14.4 Å². The normalized spacial score (nSPS) is 16.5. The molecule has 0 saturated carbocycles. The van der Waals surface area contributed by atoms with Crippen molar-refractivity contribution in [1.29, 1.82) is 0 Å². The Kier molecular flexibility index (Phi) is 5.21. The SMILES string of the molecule is COc1ccc(CN2C(=O)N[C@H](CC(=O)NCc3ccco3)C2=O)cc1. The van der Waals surface area contributed by atoms with Gasteiger partial charge in [-0.1, -0.05) is 12.1 Å². The van der Waals surface area contributed by atoms with Crippen LogP contribution in [0.25, 0.3) is 0 Å². The fourth-order valence-electron chi connectivity index (χ4n) is 2.63. The molecular weight excluding hydrogens is 338 g/mol. The van der Waals surface area contributed by atoms with Crippen molar-refractivity contribution in [1.82, 2.24) is 15.5 Å². The van der Waals surface area contributed by atoms with Gasteiger partial charge < -0.3 is 19.8 Å². The van der Waals surface area contributed by atoms with Crippen LogP contribution < -0.4 is 15.4 Å². The summed E-state index contributed by atoms with van der Waals surface area (Å²) in [5.41, 5.74) is 0.789. The number of imide groups is 1. The third-order valence-electron chi connectivity index (χ3n) is 4.04. The van der Waals surface area contributed by atoms with Gasteiger partial charge in [0, 0.05) is 0 Å². The summed E-state index contributed by atoms with van der Waals surface area (Å²) in [5, 5.41) is 5.21. The van der Waals surface area contributed by atoms with Gasteiger partial charge in [-0.2, -0.15) is 0 Å². The number of rotatable bonds is 7. The standard InChI is InChI=1S/C18H19N3O5/c1-25-13-6-4-12(5-7-13)11-21-17(23)15(20-18(21)24)9-16(22)19-10-14-3-2-8-26-14/h2-8,15H,9-11H2,1H3,(H,19,22)(H,20,24)/t15-/m1/s1. The Bertz CT molecular complexity index is 786. The molecule has 3 rings (SSSR count). The monoisotopic (exact) mass is 357 g/mol. The van der Waals surface area contributed by atoms with Gasteiger partial charge in [0.2, 0.25) is 5.91 Å². The number of nitrogens with zero attached hydrogens (tertiary/aromatic N) is 1. The zero-order valence-corrected chi connectivity index (χ0v) is 14.2. The third kappa shape index (κ3) is 4.02. The highest BCUT2D eigenvalue weighted by molar-refractivity contribution is 6.05. The summed E-state index contributed by atoms with van der Waals surface area (Å²) in [6, 6.07) is 9.16. The highest BCUT2D eigenvalue weighted by atomic mass is 16.5. The van der Waals surface area contributed by atoms with Crippen molar-refractivity contribution in [2.75, 3.05) is 7.11 Å². The minimum absolute atomic E-state index is 0.121. The van der Waals surface area contributed by atoms with Gasteiger partial charge in [0.15, 0.2) is 0 Å². The molecule has 2 heterocycles. The topological polar surface area (TPSA) is 101 Å². The van der Waals surface area contributed by atoms with Crippen LogP contribution in [0.4, 0.5) is 4.79 Å². The molecule has 8 nitrogen and oxygen atoms in total. The van der Waals surface area contributed by atoms with E-state index in [1.807, 2.05) is 0 Å². The van der Waals surface area contributed by atoms with Crippen LogP contribution in [-0.2, 0) is 22.7 Å². The number of furan rings is 1. The van der Waals surface area contributed by atoms with E-state index < -0.39 is 18.0 Å². The second kappa shape index (κ2) is 7.73. The summed E-state index contributed by atoms with van der Waals surface area (Å²) in [4.78, 5) is 37.6. The molecule has 0 bridgehead atoms. The lowest BCUT2D eigenvalue weighted by atomic mass is 10.1. The van der Waals surface area contributed by atoms with Gasteiger partial charge in [0.1, 0.15) is 17.6 Å². The molecule has 2 aromatic rings. The molecule has 4 amide bonds. The van der Waals surface area contributed by atoms with Crippen LogP contribution in [0.1, 0.15) is 17.7 Å². The van der Waals surface area contributed by atoms with E-state index in [0.717, 1.165) is 10.5 Å². The molecule has 1 aliphatic heterocycles. The summed E-state index contributed by atoms with van der Waals surface area (Å²) in [7, 11) is 1.56. The Morgan fingerprint density at radius 1 is 1.27 bits per heavy atom. The molecule has 1 aromatic heterocycles. The van der Waals surface area contributed by atoms with Gasteiger partial charge in [0.05, 0.1) is 32.9 Å². The molecule has 0 aliphatic carbocycles. The molecule has 26 heavy (non-hydrogen) atoms. The number of amides is 4. The predicted molar refractivity (Wildman–Crippen MR) is 91.0 cm³/mol. The van der Waals surface area contributed by atoms with Gasteiger partial charge in [0.25, 0.3) is 5.91 Å². The third-order valence-corrected chi connectivity index (χ3v) is 4.04. The lowest BCUT2D eigenvalue weighted by molar-refractivity contribution is -0.131. The van der Waals surface area contributed by atoms with Crippen molar-refractivity contribution in [3.8, 4) is 5.75 Å². The Morgan fingerprint density at radius 2 is 2.04 bits per heavy atom. The van der Waals surface area contributed by atoms with Crippen molar-refractivity contribution in [2.45, 2.75) is 25.6 Å². The van der Waals surface area contributed by atoms with Crippen LogP contribution in [-0.4, -0.2) is 35.9 Å². The molecule has 1 fully saturated rings. The van der Waals surface area contributed by atoms with Crippen molar-refractivity contribution < 1.29 is 23.5 Å². The van der Waals surface area contributed by atoms with Gasteiger partial charge in [-0.15, -0.1) is 0 Å². The highest BCUT2D eigenvalue weighted by Gasteiger charge is 2.38.